The molecule has 2 atom stereocenters. The molecule has 5 heteroatoms. The normalized spacial score (nSPS) is 14.0. The fourth-order valence-corrected chi connectivity index (χ4v) is 1.80. The molecule has 1 aromatic carbocycles. The van der Waals surface area contributed by atoms with Gasteiger partial charge < -0.3 is 15.7 Å². The minimum absolute atomic E-state index is 0.0852. The number of amides is 1. The summed E-state index contributed by atoms with van der Waals surface area (Å²) in [6.45, 7) is 3.84. The van der Waals surface area contributed by atoms with Crippen molar-refractivity contribution in [2.24, 2.45) is 0 Å². The summed E-state index contributed by atoms with van der Waals surface area (Å²) < 4.78 is 0. The number of carbonyl (C=O) groups is 1. The number of halogens is 1. The Bertz CT molecular complexity index is 396. The molecule has 0 aliphatic heterocycles. The Morgan fingerprint density at radius 2 is 2.06 bits per heavy atom. The second kappa shape index (κ2) is 7.36. The molecule has 0 aliphatic carbocycles. The first kappa shape index (κ1) is 15.0. The van der Waals surface area contributed by atoms with E-state index in [1.807, 2.05) is 13.0 Å². The van der Waals surface area contributed by atoms with Gasteiger partial charge in [0.15, 0.2) is 0 Å². The lowest BCUT2D eigenvalue weighted by molar-refractivity contribution is -0.115. The summed E-state index contributed by atoms with van der Waals surface area (Å²) in [4.78, 5) is 11.7. The number of rotatable bonds is 6. The van der Waals surface area contributed by atoms with Crippen LogP contribution in [0.15, 0.2) is 24.3 Å². The van der Waals surface area contributed by atoms with Crippen molar-refractivity contribution < 1.29 is 9.90 Å². The quantitative estimate of drug-likeness (QED) is 0.741. The van der Waals surface area contributed by atoms with E-state index in [1.54, 1.807) is 25.1 Å². The van der Waals surface area contributed by atoms with Crippen molar-refractivity contribution in [3.05, 3.63) is 29.3 Å². The zero-order valence-electron chi connectivity index (χ0n) is 10.6. The molecule has 0 saturated heterocycles. The van der Waals surface area contributed by atoms with Crippen molar-refractivity contribution in [2.45, 2.75) is 32.4 Å². The van der Waals surface area contributed by atoms with Crippen LogP contribution in [0.5, 0.6) is 0 Å². The lowest BCUT2D eigenvalue weighted by Crippen LogP contribution is -2.36. The van der Waals surface area contributed by atoms with Crippen LogP contribution in [0, 0.1) is 0 Å². The third-order valence-corrected chi connectivity index (χ3v) is 2.78. The molecule has 0 spiro atoms. The predicted octanol–water partition coefficient (Wildman–Crippen LogP) is 2.03. The maximum atomic E-state index is 11.7. The van der Waals surface area contributed by atoms with Crippen LogP contribution in [-0.2, 0) is 4.79 Å². The highest BCUT2D eigenvalue weighted by atomic mass is 35.5. The van der Waals surface area contributed by atoms with Crippen LogP contribution in [0.25, 0.3) is 0 Å². The topological polar surface area (TPSA) is 61.4 Å². The second-order valence-corrected chi connectivity index (χ2v) is 4.80. The van der Waals surface area contributed by atoms with E-state index in [4.69, 9.17) is 11.6 Å². The van der Waals surface area contributed by atoms with Crippen LogP contribution in [0.3, 0.4) is 0 Å². The van der Waals surface area contributed by atoms with E-state index in [1.165, 1.54) is 0 Å². The first-order valence-electron chi connectivity index (χ1n) is 5.95. The van der Waals surface area contributed by atoms with E-state index in [0.717, 1.165) is 0 Å². The van der Waals surface area contributed by atoms with E-state index in [9.17, 15) is 9.90 Å². The molecular weight excluding hydrogens is 252 g/mol. The minimum Gasteiger partial charge on any atom is -0.393 e. The summed E-state index contributed by atoms with van der Waals surface area (Å²) in [6, 6.07) is 7.17. The van der Waals surface area contributed by atoms with Gasteiger partial charge in [-0.1, -0.05) is 23.7 Å². The number of nitrogens with one attached hydrogen (secondary N) is 2. The van der Waals surface area contributed by atoms with E-state index in [-0.39, 0.29) is 24.6 Å². The van der Waals surface area contributed by atoms with E-state index in [0.29, 0.717) is 17.1 Å². The Morgan fingerprint density at radius 3 is 2.67 bits per heavy atom. The second-order valence-electron chi connectivity index (χ2n) is 4.39. The highest BCUT2D eigenvalue weighted by Gasteiger charge is 2.09. The Hall–Kier alpha value is -1.10. The van der Waals surface area contributed by atoms with Gasteiger partial charge in [0, 0.05) is 6.04 Å². The molecule has 1 amide bonds. The van der Waals surface area contributed by atoms with Crippen LogP contribution in [-0.4, -0.2) is 29.7 Å². The molecule has 3 N–H and O–H groups in total. The van der Waals surface area contributed by atoms with Crippen molar-refractivity contribution in [3.63, 3.8) is 0 Å². The molecule has 18 heavy (non-hydrogen) atoms. The number of hydrogen-bond acceptors (Lipinski definition) is 3. The standard InChI is InChI=1S/C13H19ClN2O2/c1-9(7-10(2)17)15-8-13(18)16-12-6-4-3-5-11(12)14/h3-6,9-10,15,17H,7-8H2,1-2H3,(H,16,18). The van der Waals surface area contributed by atoms with Gasteiger partial charge in [-0.05, 0) is 32.4 Å². The van der Waals surface area contributed by atoms with Gasteiger partial charge in [0.1, 0.15) is 0 Å². The monoisotopic (exact) mass is 270 g/mol. The van der Waals surface area contributed by atoms with Crippen LogP contribution in [0.2, 0.25) is 5.02 Å². The number of para-hydroxylation sites is 1. The first-order chi connectivity index (χ1) is 8.49. The van der Waals surface area contributed by atoms with Gasteiger partial charge >= 0.3 is 0 Å². The van der Waals surface area contributed by atoms with E-state index >= 15 is 0 Å². The molecule has 0 heterocycles. The van der Waals surface area contributed by atoms with Crippen molar-refractivity contribution in [1.29, 1.82) is 0 Å². The predicted molar refractivity (Wildman–Crippen MR) is 73.8 cm³/mol. The van der Waals surface area contributed by atoms with Crippen LogP contribution >= 0.6 is 11.6 Å². The number of carbonyl (C=O) groups excluding carboxylic acids is 1. The van der Waals surface area contributed by atoms with Gasteiger partial charge in [-0.3, -0.25) is 4.79 Å². The highest BCUT2D eigenvalue weighted by molar-refractivity contribution is 6.33. The molecule has 1 rings (SSSR count). The number of aliphatic hydroxyl groups excluding tert-OH is 1. The fraction of sp³-hybridized carbons (Fsp3) is 0.462. The van der Waals surface area contributed by atoms with Gasteiger partial charge in [0.05, 0.1) is 23.4 Å². The van der Waals surface area contributed by atoms with Crippen molar-refractivity contribution in [3.8, 4) is 0 Å². The van der Waals surface area contributed by atoms with Crippen molar-refractivity contribution in [2.75, 3.05) is 11.9 Å². The van der Waals surface area contributed by atoms with Crippen LogP contribution in [0.1, 0.15) is 20.3 Å². The molecule has 0 saturated carbocycles. The Morgan fingerprint density at radius 1 is 1.39 bits per heavy atom. The largest absolute Gasteiger partial charge is 0.393 e. The molecule has 2 unspecified atom stereocenters. The summed E-state index contributed by atoms with van der Waals surface area (Å²) in [5.41, 5.74) is 0.606. The highest BCUT2D eigenvalue weighted by Crippen LogP contribution is 2.19. The van der Waals surface area contributed by atoms with Gasteiger partial charge in [-0.2, -0.15) is 0 Å². The molecule has 0 fully saturated rings. The smallest absolute Gasteiger partial charge is 0.238 e. The molecule has 0 aliphatic rings. The molecule has 100 valence electrons. The Labute approximate surface area is 112 Å². The maximum absolute atomic E-state index is 11.7. The summed E-state index contributed by atoms with van der Waals surface area (Å²) >= 11 is 5.93. The van der Waals surface area contributed by atoms with E-state index < -0.39 is 0 Å². The summed E-state index contributed by atoms with van der Waals surface area (Å²) in [7, 11) is 0. The summed E-state index contributed by atoms with van der Waals surface area (Å²) in [5.74, 6) is -0.152. The molecular formula is C13H19ClN2O2. The van der Waals surface area contributed by atoms with Gasteiger partial charge in [0.2, 0.25) is 5.91 Å². The molecule has 0 bridgehead atoms. The number of anilines is 1. The fourth-order valence-electron chi connectivity index (χ4n) is 1.62. The maximum Gasteiger partial charge on any atom is 0.238 e. The zero-order valence-corrected chi connectivity index (χ0v) is 11.4. The van der Waals surface area contributed by atoms with Crippen molar-refractivity contribution in [1.82, 2.24) is 5.32 Å². The number of hydrogen-bond donors (Lipinski definition) is 3. The average molecular weight is 271 g/mol. The lowest BCUT2D eigenvalue weighted by atomic mass is 10.1. The van der Waals surface area contributed by atoms with E-state index in [2.05, 4.69) is 10.6 Å². The van der Waals surface area contributed by atoms with Gasteiger partial charge in [0.25, 0.3) is 0 Å². The summed E-state index contributed by atoms with van der Waals surface area (Å²) in [5, 5.41) is 15.5. The lowest BCUT2D eigenvalue weighted by Gasteiger charge is -2.15. The van der Waals surface area contributed by atoms with Crippen LogP contribution < -0.4 is 10.6 Å². The van der Waals surface area contributed by atoms with Crippen LogP contribution in [0.4, 0.5) is 5.69 Å². The van der Waals surface area contributed by atoms with Gasteiger partial charge in [-0.25, -0.2) is 0 Å². The molecule has 1 aromatic rings. The number of aliphatic hydroxyl groups is 1. The molecule has 0 radical (unpaired) electrons. The zero-order chi connectivity index (χ0) is 13.5. The van der Waals surface area contributed by atoms with Gasteiger partial charge in [-0.15, -0.1) is 0 Å². The first-order valence-corrected chi connectivity index (χ1v) is 6.32. The Kier molecular flexibility index (Phi) is 6.12. The molecule has 4 nitrogen and oxygen atoms in total. The third kappa shape index (κ3) is 5.49. The van der Waals surface area contributed by atoms with Crippen molar-refractivity contribution >= 4 is 23.2 Å². The Balaban J connectivity index is 2.36. The molecule has 0 aromatic heterocycles. The third-order valence-electron chi connectivity index (χ3n) is 2.45. The summed E-state index contributed by atoms with van der Waals surface area (Å²) in [6.07, 6.45) is 0.235. The number of benzene rings is 1. The average Bonchev–Trinajstić information content (AvgIpc) is 2.29. The minimum atomic E-state index is -0.376. The SMILES string of the molecule is CC(O)CC(C)NCC(=O)Nc1ccccc1Cl.